The van der Waals surface area contributed by atoms with Crippen molar-refractivity contribution >= 4 is 11.8 Å². The van der Waals surface area contributed by atoms with Crippen LogP contribution in [0.3, 0.4) is 0 Å². The number of para-hydroxylation sites is 1. The van der Waals surface area contributed by atoms with Crippen LogP contribution in [0, 0.1) is 18.3 Å². The lowest BCUT2D eigenvalue weighted by Gasteiger charge is -2.12. The summed E-state index contributed by atoms with van der Waals surface area (Å²) < 4.78 is 2.10. The summed E-state index contributed by atoms with van der Waals surface area (Å²) in [6.07, 6.45) is 3.52. The minimum Gasteiger partial charge on any atom is -0.270 e. The van der Waals surface area contributed by atoms with Gasteiger partial charge >= 0.3 is 0 Å². The minimum absolute atomic E-state index is 0.664. The molecule has 28 heavy (non-hydrogen) atoms. The smallest absolute Gasteiger partial charge is 0.196 e. The molecule has 0 bridgehead atoms. The molecule has 136 valence electrons. The Balaban J connectivity index is 1.72. The van der Waals surface area contributed by atoms with Gasteiger partial charge in [-0.3, -0.25) is 9.55 Å². The largest absolute Gasteiger partial charge is 0.270 e. The van der Waals surface area contributed by atoms with E-state index in [9.17, 15) is 0 Å². The molecular formula is C22H17N5S. The van der Waals surface area contributed by atoms with Crippen molar-refractivity contribution in [2.45, 2.75) is 17.8 Å². The first-order valence-corrected chi connectivity index (χ1v) is 9.78. The summed E-state index contributed by atoms with van der Waals surface area (Å²) in [6.45, 7) is 2.08. The lowest BCUT2D eigenvalue weighted by atomic mass is 10.2. The Morgan fingerprint density at radius 2 is 1.71 bits per heavy atom. The van der Waals surface area contributed by atoms with Gasteiger partial charge in [0.25, 0.3) is 0 Å². The zero-order valence-electron chi connectivity index (χ0n) is 15.3. The molecule has 0 N–H and O–H groups in total. The first-order chi connectivity index (χ1) is 13.8. The van der Waals surface area contributed by atoms with Crippen LogP contribution in [0.1, 0.15) is 16.7 Å². The molecule has 0 atom stereocenters. The molecule has 6 heteroatoms. The highest BCUT2D eigenvalue weighted by Gasteiger charge is 2.17. The zero-order valence-corrected chi connectivity index (χ0v) is 16.1. The number of pyridine rings is 1. The molecule has 0 aliphatic rings. The molecular weight excluding hydrogens is 366 g/mol. The highest BCUT2D eigenvalue weighted by Crippen LogP contribution is 2.30. The SMILES string of the molecule is Cc1ccccc1-n1c(SCc2ccc(C#N)cc2)nnc1-c1ccncc1. The van der Waals surface area contributed by atoms with Crippen molar-refractivity contribution in [1.29, 1.82) is 5.26 Å². The molecule has 0 aliphatic heterocycles. The fourth-order valence-electron chi connectivity index (χ4n) is 2.91. The number of aromatic nitrogens is 4. The van der Waals surface area contributed by atoms with Crippen LogP contribution in [-0.2, 0) is 5.75 Å². The predicted octanol–water partition coefficient (Wildman–Crippen LogP) is 4.80. The first-order valence-electron chi connectivity index (χ1n) is 8.80. The maximum atomic E-state index is 8.95. The Labute approximate surface area is 167 Å². The van der Waals surface area contributed by atoms with Gasteiger partial charge < -0.3 is 0 Å². The normalized spacial score (nSPS) is 10.6. The third kappa shape index (κ3) is 3.66. The van der Waals surface area contributed by atoms with Gasteiger partial charge in [0.05, 0.1) is 17.3 Å². The van der Waals surface area contributed by atoms with E-state index in [-0.39, 0.29) is 0 Å². The van der Waals surface area contributed by atoms with Gasteiger partial charge in [-0.1, -0.05) is 42.1 Å². The van der Waals surface area contributed by atoms with E-state index in [0.717, 1.165) is 39.1 Å². The van der Waals surface area contributed by atoms with E-state index in [1.807, 2.05) is 48.5 Å². The number of hydrogen-bond donors (Lipinski definition) is 0. The van der Waals surface area contributed by atoms with Crippen LogP contribution in [0.2, 0.25) is 0 Å². The van der Waals surface area contributed by atoms with Crippen LogP contribution in [0.4, 0.5) is 0 Å². The second-order valence-electron chi connectivity index (χ2n) is 6.26. The van der Waals surface area contributed by atoms with E-state index >= 15 is 0 Å². The van der Waals surface area contributed by atoms with Crippen molar-refractivity contribution in [3.05, 3.63) is 89.7 Å². The summed E-state index contributed by atoms with van der Waals surface area (Å²) >= 11 is 1.62. The third-order valence-electron chi connectivity index (χ3n) is 4.38. The van der Waals surface area contributed by atoms with Crippen molar-refractivity contribution in [2.24, 2.45) is 0 Å². The summed E-state index contributed by atoms with van der Waals surface area (Å²) in [4.78, 5) is 4.10. The zero-order chi connectivity index (χ0) is 19.3. The number of nitriles is 1. The van der Waals surface area contributed by atoms with E-state index in [1.54, 1.807) is 24.2 Å². The molecule has 0 spiro atoms. The fourth-order valence-corrected chi connectivity index (χ4v) is 3.81. The molecule has 0 aliphatic carbocycles. The average Bonchev–Trinajstić information content (AvgIpc) is 3.17. The van der Waals surface area contributed by atoms with Gasteiger partial charge in [0.2, 0.25) is 0 Å². The molecule has 2 aromatic heterocycles. The maximum Gasteiger partial charge on any atom is 0.196 e. The molecule has 0 saturated heterocycles. The predicted molar refractivity (Wildman–Crippen MR) is 110 cm³/mol. The first kappa shape index (κ1) is 18.0. The van der Waals surface area contributed by atoms with Crippen molar-refractivity contribution < 1.29 is 0 Å². The van der Waals surface area contributed by atoms with Crippen LogP contribution in [0.25, 0.3) is 17.1 Å². The van der Waals surface area contributed by atoms with Crippen LogP contribution in [-0.4, -0.2) is 19.7 Å². The Hall–Kier alpha value is -3.43. The summed E-state index contributed by atoms with van der Waals surface area (Å²) in [5.74, 6) is 1.53. The van der Waals surface area contributed by atoms with Crippen LogP contribution < -0.4 is 0 Å². The highest BCUT2D eigenvalue weighted by molar-refractivity contribution is 7.98. The van der Waals surface area contributed by atoms with Crippen molar-refractivity contribution in [1.82, 2.24) is 19.7 Å². The van der Waals surface area contributed by atoms with E-state index in [2.05, 4.69) is 44.9 Å². The minimum atomic E-state index is 0.664. The van der Waals surface area contributed by atoms with Gasteiger partial charge in [-0.2, -0.15) is 5.26 Å². The van der Waals surface area contributed by atoms with E-state index in [1.165, 1.54) is 0 Å². The maximum absolute atomic E-state index is 8.95. The topological polar surface area (TPSA) is 67.4 Å². The van der Waals surface area contributed by atoms with Gasteiger partial charge in [-0.15, -0.1) is 10.2 Å². The van der Waals surface area contributed by atoms with E-state index < -0.39 is 0 Å². The summed E-state index contributed by atoms with van der Waals surface area (Å²) in [5, 5.41) is 18.7. The number of hydrogen-bond acceptors (Lipinski definition) is 5. The quantitative estimate of drug-likeness (QED) is 0.463. The highest BCUT2D eigenvalue weighted by atomic mass is 32.2. The van der Waals surface area contributed by atoms with E-state index in [0.29, 0.717) is 5.56 Å². The monoisotopic (exact) mass is 383 g/mol. The number of thioether (sulfide) groups is 1. The molecule has 2 aromatic carbocycles. The average molecular weight is 383 g/mol. The molecule has 0 fully saturated rings. The molecule has 4 rings (SSSR count). The molecule has 2 heterocycles. The van der Waals surface area contributed by atoms with Crippen molar-refractivity contribution in [2.75, 3.05) is 0 Å². The van der Waals surface area contributed by atoms with E-state index in [4.69, 9.17) is 5.26 Å². The Kier molecular flexibility index (Phi) is 5.18. The summed E-state index contributed by atoms with van der Waals surface area (Å²) in [6, 6.07) is 21.9. The number of benzene rings is 2. The van der Waals surface area contributed by atoms with Crippen molar-refractivity contribution in [3.8, 4) is 23.1 Å². The molecule has 0 unspecified atom stereocenters. The Morgan fingerprint density at radius 3 is 2.43 bits per heavy atom. The number of nitrogens with zero attached hydrogens (tertiary/aromatic N) is 5. The number of aryl methyl sites for hydroxylation is 1. The van der Waals surface area contributed by atoms with Crippen LogP contribution >= 0.6 is 11.8 Å². The third-order valence-corrected chi connectivity index (χ3v) is 5.38. The van der Waals surface area contributed by atoms with Crippen LogP contribution in [0.5, 0.6) is 0 Å². The van der Waals surface area contributed by atoms with Gasteiger partial charge in [-0.25, -0.2) is 0 Å². The fraction of sp³-hybridized carbons (Fsp3) is 0.0909. The molecule has 5 nitrogen and oxygen atoms in total. The molecule has 0 saturated carbocycles. The lowest BCUT2D eigenvalue weighted by molar-refractivity contribution is 0.880. The molecule has 0 amide bonds. The standard InChI is InChI=1S/C22H17N5S/c1-16-4-2-3-5-20(16)27-21(19-10-12-24-13-11-19)25-26-22(27)28-15-18-8-6-17(14-23)7-9-18/h2-13H,15H2,1H3. The van der Waals surface area contributed by atoms with Crippen molar-refractivity contribution in [3.63, 3.8) is 0 Å². The summed E-state index contributed by atoms with van der Waals surface area (Å²) in [5.41, 5.74) is 4.97. The lowest BCUT2D eigenvalue weighted by Crippen LogP contribution is -2.02. The second-order valence-corrected chi connectivity index (χ2v) is 7.20. The Bertz CT molecular complexity index is 1130. The Morgan fingerprint density at radius 1 is 0.964 bits per heavy atom. The second kappa shape index (κ2) is 8.07. The molecule has 4 aromatic rings. The van der Waals surface area contributed by atoms with Gasteiger partial charge in [0.15, 0.2) is 11.0 Å². The van der Waals surface area contributed by atoms with Crippen LogP contribution in [0.15, 0.2) is 78.2 Å². The van der Waals surface area contributed by atoms with Gasteiger partial charge in [-0.05, 0) is 48.4 Å². The van der Waals surface area contributed by atoms with Gasteiger partial charge in [0.1, 0.15) is 0 Å². The summed E-state index contributed by atoms with van der Waals surface area (Å²) in [7, 11) is 0. The van der Waals surface area contributed by atoms with Gasteiger partial charge in [0, 0.05) is 23.7 Å². The molecule has 0 radical (unpaired) electrons. The number of rotatable bonds is 5.